The number of nitrogens with zero attached hydrogens (tertiary/aromatic N) is 3. The van der Waals surface area contributed by atoms with Crippen molar-refractivity contribution in [3.8, 4) is 5.75 Å². The van der Waals surface area contributed by atoms with E-state index in [2.05, 4.69) is 10.4 Å². The van der Waals surface area contributed by atoms with Crippen LogP contribution < -0.4 is 10.1 Å². The van der Waals surface area contributed by atoms with Gasteiger partial charge in [-0.3, -0.25) is 19.6 Å². The highest BCUT2D eigenvalue weighted by Gasteiger charge is 2.15. The van der Waals surface area contributed by atoms with Crippen molar-refractivity contribution in [2.75, 3.05) is 5.32 Å². The Morgan fingerprint density at radius 1 is 1.12 bits per heavy atom. The van der Waals surface area contributed by atoms with Gasteiger partial charge in [-0.1, -0.05) is 41.9 Å². The lowest BCUT2D eigenvalue weighted by atomic mass is 10.1. The first-order valence-corrected chi connectivity index (χ1v) is 10.8. The fraction of sp³-hybridized carbons (Fsp3) is 0.120. The Morgan fingerprint density at radius 3 is 2.68 bits per heavy atom. The first kappa shape index (κ1) is 23.0. The summed E-state index contributed by atoms with van der Waals surface area (Å²) in [5.74, 6) is -0.118. The van der Waals surface area contributed by atoms with E-state index >= 15 is 0 Å². The molecule has 172 valence electrons. The second-order valence-corrected chi connectivity index (χ2v) is 8.16. The van der Waals surface area contributed by atoms with Crippen LogP contribution in [0.1, 0.15) is 27.0 Å². The van der Waals surface area contributed by atoms with Crippen molar-refractivity contribution in [1.82, 2.24) is 9.78 Å². The number of ether oxygens (including phenoxy) is 1. The summed E-state index contributed by atoms with van der Waals surface area (Å²) in [6.45, 7) is 2.41. The Kier molecular flexibility index (Phi) is 6.89. The Bertz CT molecular complexity index is 1340. The van der Waals surface area contributed by atoms with E-state index in [1.54, 1.807) is 60.4 Å². The summed E-state index contributed by atoms with van der Waals surface area (Å²) in [4.78, 5) is 23.5. The third-order valence-electron chi connectivity index (χ3n) is 5.04. The highest BCUT2D eigenvalue weighted by Crippen LogP contribution is 2.28. The number of aryl methyl sites for hydroxylation is 1. The van der Waals surface area contributed by atoms with Gasteiger partial charge in [-0.05, 0) is 53.9 Å². The molecule has 0 aliphatic carbocycles. The first-order valence-electron chi connectivity index (χ1n) is 10.4. The molecule has 1 heterocycles. The van der Waals surface area contributed by atoms with Crippen molar-refractivity contribution in [3.63, 3.8) is 0 Å². The molecule has 0 atom stereocenters. The van der Waals surface area contributed by atoms with Crippen molar-refractivity contribution in [3.05, 3.63) is 117 Å². The molecule has 1 N–H and O–H groups in total. The van der Waals surface area contributed by atoms with Crippen molar-refractivity contribution < 1.29 is 14.5 Å². The van der Waals surface area contributed by atoms with Crippen LogP contribution in [-0.4, -0.2) is 20.6 Å². The van der Waals surface area contributed by atoms with Gasteiger partial charge in [-0.25, -0.2) is 0 Å². The van der Waals surface area contributed by atoms with E-state index in [0.717, 1.165) is 11.1 Å². The smallest absolute Gasteiger partial charge is 0.311 e. The van der Waals surface area contributed by atoms with Crippen LogP contribution in [0.4, 0.5) is 11.4 Å². The Balaban J connectivity index is 1.39. The second-order valence-electron chi connectivity index (χ2n) is 7.72. The number of carbonyl (C=O) groups is 1. The number of aromatic nitrogens is 2. The van der Waals surface area contributed by atoms with Gasteiger partial charge in [-0.15, -0.1) is 0 Å². The molecular formula is C25H21ClN4O4. The highest BCUT2D eigenvalue weighted by molar-refractivity contribution is 6.30. The molecule has 8 nitrogen and oxygen atoms in total. The first-order chi connectivity index (χ1) is 16.4. The third kappa shape index (κ3) is 5.79. The molecule has 0 radical (unpaired) electrons. The van der Waals surface area contributed by atoms with Gasteiger partial charge in [0.25, 0.3) is 5.91 Å². The zero-order valence-electron chi connectivity index (χ0n) is 18.3. The summed E-state index contributed by atoms with van der Waals surface area (Å²) in [5, 5.41) is 19.1. The van der Waals surface area contributed by atoms with Gasteiger partial charge >= 0.3 is 5.69 Å². The lowest BCUT2D eigenvalue weighted by Crippen LogP contribution is -2.12. The number of anilines is 1. The maximum atomic E-state index is 12.7. The second kappa shape index (κ2) is 10.2. The van der Waals surface area contributed by atoms with Crippen LogP contribution in [0.5, 0.6) is 5.75 Å². The number of hydrogen-bond acceptors (Lipinski definition) is 5. The Morgan fingerprint density at radius 2 is 1.91 bits per heavy atom. The zero-order valence-corrected chi connectivity index (χ0v) is 19.0. The van der Waals surface area contributed by atoms with E-state index in [1.807, 2.05) is 24.3 Å². The minimum atomic E-state index is -0.473. The molecule has 9 heteroatoms. The van der Waals surface area contributed by atoms with Gasteiger partial charge in [-0.2, -0.15) is 5.10 Å². The average molecular weight is 477 g/mol. The fourth-order valence-electron chi connectivity index (χ4n) is 3.35. The molecule has 0 unspecified atom stereocenters. The third-order valence-corrected chi connectivity index (χ3v) is 5.30. The topological polar surface area (TPSA) is 99.3 Å². The average Bonchev–Trinajstić information content (AvgIpc) is 3.26. The lowest BCUT2D eigenvalue weighted by Gasteiger charge is -2.09. The van der Waals surface area contributed by atoms with Gasteiger partial charge in [0.05, 0.1) is 23.4 Å². The summed E-state index contributed by atoms with van der Waals surface area (Å²) in [6, 6.07) is 19.2. The van der Waals surface area contributed by atoms with Crippen molar-refractivity contribution in [1.29, 1.82) is 0 Å². The van der Waals surface area contributed by atoms with Gasteiger partial charge in [0.15, 0.2) is 5.75 Å². The molecule has 0 spiro atoms. The van der Waals surface area contributed by atoms with Crippen LogP contribution in [0.2, 0.25) is 5.02 Å². The lowest BCUT2D eigenvalue weighted by molar-refractivity contribution is -0.386. The number of carbonyl (C=O) groups excluding carboxylic acids is 1. The van der Waals surface area contributed by atoms with Crippen molar-refractivity contribution >= 4 is 28.9 Å². The maximum absolute atomic E-state index is 12.7. The minimum absolute atomic E-state index is 0.0873. The molecule has 4 rings (SSSR count). The fourth-order valence-corrected chi connectivity index (χ4v) is 3.48. The van der Waals surface area contributed by atoms with Gasteiger partial charge in [0.2, 0.25) is 0 Å². The summed E-state index contributed by atoms with van der Waals surface area (Å²) < 4.78 is 7.38. The molecular weight excluding hydrogens is 456 g/mol. The molecule has 1 amide bonds. The number of halogens is 1. The van der Waals surface area contributed by atoms with E-state index in [0.29, 0.717) is 28.4 Å². The van der Waals surface area contributed by atoms with E-state index < -0.39 is 4.92 Å². The quantitative estimate of drug-likeness (QED) is 0.262. The van der Waals surface area contributed by atoms with Crippen LogP contribution in [-0.2, 0) is 13.2 Å². The van der Waals surface area contributed by atoms with Crippen molar-refractivity contribution in [2.45, 2.75) is 20.1 Å². The van der Waals surface area contributed by atoms with Crippen LogP contribution in [0.15, 0.2) is 79.1 Å². The number of rotatable bonds is 8. The number of nitro groups is 1. The minimum Gasteiger partial charge on any atom is -0.482 e. The van der Waals surface area contributed by atoms with Crippen LogP contribution in [0.25, 0.3) is 0 Å². The SMILES string of the molecule is Cc1ccc(OCc2cccc(C(=O)Nc3cnn(Cc4ccc(Cl)cc4)c3)c2)c([N+](=O)[O-])c1. The number of amides is 1. The van der Waals surface area contributed by atoms with Gasteiger partial charge in [0.1, 0.15) is 6.61 Å². The van der Waals surface area contributed by atoms with Crippen LogP contribution in [0.3, 0.4) is 0 Å². The predicted molar refractivity (Wildman–Crippen MR) is 129 cm³/mol. The number of benzene rings is 3. The number of nitrogens with one attached hydrogen (secondary N) is 1. The van der Waals surface area contributed by atoms with E-state index in [4.69, 9.17) is 16.3 Å². The molecule has 1 aromatic heterocycles. The van der Waals surface area contributed by atoms with Gasteiger partial charge in [0, 0.05) is 22.8 Å². The number of nitro benzene ring substituents is 1. The molecule has 34 heavy (non-hydrogen) atoms. The normalized spacial score (nSPS) is 10.6. The monoisotopic (exact) mass is 476 g/mol. The molecule has 0 fully saturated rings. The zero-order chi connectivity index (χ0) is 24.1. The van der Waals surface area contributed by atoms with E-state index in [-0.39, 0.29) is 24.0 Å². The van der Waals surface area contributed by atoms with E-state index in [1.165, 1.54) is 6.07 Å². The standard InChI is InChI=1S/C25H21ClN4O4/c1-17-5-10-24(23(11-17)30(32)33)34-16-19-3-2-4-20(12-19)25(31)28-22-13-27-29(15-22)14-18-6-8-21(26)9-7-18/h2-13,15H,14,16H2,1H3,(H,28,31). The highest BCUT2D eigenvalue weighted by atomic mass is 35.5. The molecule has 0 aliphatic rings. The van der Waals surface area contributed by atoms with Crippen molar-refractivity contribution in [2.24, 2.45) is 0 Å². The predicted octanol–water partition coefficient (Wildman–Crippen LogP) is 5.63. The summed E-state index contributed by atoms with van der Waals surface area (Å²) in [7, 11) is 0. The van der Waals surface area contributed by atoms with Crippen LogP contribution in [0, 0.1) is 17.0 Å². The molecule has 0 bridgehead atoms. The number of hydrogen-bond donors (Lipinski definition) is 1. The van der Waals surface area contributed by atoms with Crippen LogP contribution >= 0.6 is 11.6 Å². The Hall–Kier alpha value is -4.17. The maximum Gasteiger partial charge on any atom is 0.311 e. The summed E-state index contributed by atoms with van der Waals surface area (Å²) in [6.07, 6.45) is 3.33. The molecule has 0 aliphatic heterocycles. The van der Waals surface area contributed by atoms with E-state index in [9.17, 15) is 14.9 Å². The molecule has 0 saturated heterocycles. The summed E-state index contributed by atoms with van der Waals surface area (Å²) in [5.41, 5.74) is 3.42. The van der Waals surface area contributed by atoms with Gasteiger partial charge < -0.3 is 10.1 Å². The summed E-state index contributed by atoms with van der Waals surface area (Å²) >= 11 is 5.92. The Labute approximate surface area is 200 Å². The molecule has 0 saturated carbocycles. The molecule has 3 aromatic carbocycles. The largest absolute Gasteiger partial charge is 0.482 e. The molecule has 4 aromatic rings.